The molecule has 3 rings (SSSR count). The van der Waals surface area contributed by atoms with Gasteiger partial charge in [-0.05, 0) is 55.7 Å². The van der Waals surface area contributed by atoms with E-state index < -0.39 is 12.1 Å². The molecule has 0 unspecified atom stereocenters. The number of hydrogen-bond donors (Lipinski definition) is 0. The van der Waals surface area contributed by atoms with Crippen molar-refractivity contribution in [2.24, 2.45) is 0 Å². The molecule has 140 valence electrons. The molecule has 1 aliphatic heterocycles. The first-order valence-electron chi connectivity index (χ1n) is 8.61. The standard InChI is InChI=1S/C21H19Cl2NO3/c1-13-11-16-5-3-4-6-19(16)24(13)21(26)14(2)27-20(25)10-8-15-7-9-17(22)12-18(15)23/h3-10,12-14H,11H2,1-2H3/b10-8+/t13-,14-/m0/s1. The summed E-state index contributed by atoms with van der Waals surface area (Å²) in [4.78, 5) is 26.6. The molecule has 0 saturated heterocycles. The number of amides is 1. The van der Waals surface area contributed by atoms with Crippen LogP contribution < -0.4 is 4.90 Å². The number of benzene rings is 2. The molecule has 27 heavy (non-hydrogen) atoms. The Bertz CT molecular complexity index is 910. The van der Waals surface area contributed by atoms with Crippen LogP contribution in [-0.2, 0) is 20.7 Å². The maximum absolute atomic E-state index is 12.8. The normalized spacial score (nSPS) is 17.0. The van der Waals surface area contributed by atoms with Gasteiger partial charge in [0, 0.05) is 27.9 Å². The van der Waals surface area contributed by atoms with E-state index in [2.05, 4.69) is 0 Å². The first kappa shape index (κ1) is 19.5. The van der Waals surface area contributed by atoms with Gasteiger partial charge in [-0.15, -0.1) is 0 Å². The molecule has 0 aromatic heterocycles. The number of anilines is 1. The molecule has 1 aliphatic rings. The molecule has 4 nitrogen and oxygen atoms in total. The molecule has 2 aromatic carbocycles. The number of ether oxygens (including phenoxy) is 1. The first-order chi connectivity index (χ1) is 12.9. The molecule has 0 bridgehead atoms. The van der Waals surface area contributed by atoms with Crippen molar-refractivity contribution >= 4 is 46.8 Å². The number of carbonyl (C=O) groups excluding carboxylic acids is 2. The minimum atomic E-state index is -0.892. The van der Waals surface area contributed by atoms with Gasteiger partial charge < -0.3 is 9.64 Å². The van der Waals surface area contributed by atoms with Gasteiger partial charge in [0.15, 0.2) is 6.10 Å². The zero-order valence-electron chi connectivity index (χ0n) is 15.0. The van der Waals surface area contributed by atoms with Crippen LogP contribution in [0.5, 0.6) is 0 Å². The number of rotatable bonds is 4. The van der Waals surface area contributed by atoms with Crippen molar-refractivity contribution in [1.29, 1.82) is 0 Å². The van der Waals surface area contributed by atoms with Crippen LogP contribution in [0.25, 0.3) is 6.08 Å². The Kier molecular flexibility index (Phi) is 5.88. The van der Waals surface area contributed by atoms with E-state index in [-0.39, 0.29) is 11.9 Å². The summed E-state index contributed by atoms with van der Waals surface area (Å²) in [5.41, 5.74) is 2.63. The molecule has 0 N–H and O–H groups in total. The third kappa shape index (κ3) is 4.34. The highest BCUT2D eigenvalue weighted by Gasteiger charge is 2.34. The summed E-state index contributed by atoms with van der Waals surface area (Å²) in [6.07, 6.45) is 2.68. The van der Waals surface area contributed by atoms with Crippen LogP contribution >= 0.6 is 23.2 Å². The van der Waals surface area contributed by atoms with Gasteiger partial charge in [-0.3, -0.25) is 4.79 Å². The van der Waals surface area contributed by atoms with E-state index in [0.29, 0.717) is 15.6 Å². The monoisotopic (exact) mass is 403 g/mol. The summed E-state index contributed by atoms with van der Waals surface area (Å²) in [5.74, 6) is -0.847. The van der Waals surface area contributed by atoms with Crippen molar-refractivity contribution < 1.29 is 14.3 Å². The molecule has 1 heterocycles. The van der Waals surface area contributed by atoms with Gasteiger partial charge in [-0.2, -0.15) is 0 Å². The van der Waals surface area contributed by atoms with E-state index in [1.165, 1.54) is 12.2 Å². The fraction of sp³-hybridized carbons (Fsp3) is 0.238. The second kappa shape index (κ2) is 8.15. The highest BCUT2D eigenvalue weighted by molar-refractivity contribution is 6.35. The highest BCUT2D eigenvalue weighted by Crippen LogP contribution is 2.32. The lowest BCUT2D eigenvalue weighted by molar-refractivity contribution is -0.149. The minimum absolute atomic E-state index is 0.0273. The number of fused-ring (bicyclic) bond motifs is 1. The molecule has 0 fully saturated rings. The minimum Gasteiger partial charge on any atom is -0.449 e. The predicted octanol–water partition coefficient (Wildman–Crippen LogP) is 4.92. The number of para-hydroxylation sites is 1. The number of carbonyl (C=O) groups is 2. The van der Waals surface area contributed by atoms with Crippen molar-refractivity contribution in [2.75, 3.05) is 4.90 Å². The molecule has 0 spiro atoms. The maximum Gasteiger partial charge on any atom is 0.331 e. The summed E-state index contributed by atoms with van der Waals surface area (Å²) in [5, 5.41) is 0.942. The van der Waals surface area contributed by atoms with Crippen molar-refractivity contribution in [1.82, 2.24) is 0 Å². The van der Waals surface area contributed by atoms with Crippen LogP contribution in [-0.4, -0.2) is 24.0 Å². The zero-order chi connectivity index (χ0) is 19.6. The Morgan fingerprint density at radius 2 is 1.96 bits per heavy atom. The van der Waals surface area contributed by atoms with Crippen molar-refractivity contribution in [3.63, 3.8) is 0 Å². The fourth-order valence-electron chi connectivity index (χ4n) is 3.16. The Balaban J connectivity index is 1.66. The van der Waals surface area contributed by atoms with E-state index in [1.807, 2.05) is 31.2 Å². The summed E-state index contributed by atoms with van der Waals surface area (Å²) in [7, 11) is 0. The van der Waals surface area contributed by atoms with Gasteiger partial charge in [0.05, 0.1) is 0 Å². The average Bonchev–Trinajstić information content (AvgIpc) is 2.96. The SMILES string of the molecule is C[C@H](OC(=O)/C=C/c1ccc(Cl)cc1Cl)C(=O)N1c2ccccc2C[C@@H]1C. The molecule has 0 aliphatic carbocycles. The number of halogens is 2. The molecule has 6 heteroatoms. The zero-order valence-corrected chi connectivity index (χ0v) is 16.5. The lowest BCUT2D eigenvalue weighted by Crippen LogP contribution is -2.43. The summed E-state index contributed by atoms with van der Waals surface area (Å²) < 4.78 is 5.29. The number of esters is 1. The maximum atomic E-state index is 12.8. The summed E-state index contributed by atoms with van der Waals surface area (Å²) in [6, 6.07) is 12.8. The van der Waals surface area contributed by atoms with Gasteiger partial charge in [0.2, 0.25) is 0 Å². The van der Waals surface area contributed by atoms with E-state index in [0.717, 1.165) is 17.7 Å². The number of nitrogens with zero attached hydrogens (tertiary/aromatic N) is 1. The van der Waals surface area contributed by atoms with Gasteiger partial charge in [0.25, 0.3) is 5.91 Å². The number of hydrogen-bond acceptors (Lipinski definition) is 3. The third-order valence-electron chi connectivity index (χ3n) is 4.45. The predicted molar refractivity (Wildman–Crippen MR) is 108 cm³/mol. The second-order valence-electron chi connectivity index (χ2n) is 6.47. The molecule has 2 atom stereocenters. The highest BCUT2D eigenvalue weighted by atomic mass is 35.5. The molecule has 0 radical (unpaired) electrons. The van der Waals surface area contributed by atoms with E-state index in [1.54, 1.807) is 30.0 Å². The first-order valence-corrected chi connectivity index (χ1v) is 9.37. The van der Waals surface area contributed by atoms with E-state index in [4.69, 9.17) is 27.9 Å². The lowest BCUT2D eigenvalue weighted by atomic mass is 10.1. The topological polar surface area (TPSA) is 46.6 Å². The van der Waals surface area contributed by atoms with Crippen molar-refractivity contribution in [3.05, 3.63) is 69.7 Å². The van der Waals surface area contributed by atoms with E-state index in [9.17, 15) is 9.59 Å². The van der Waals surface area contributed by atoms with E-state index >= 15 is 0 Å². The Morgan fingerprint density at radius 1 is 1.22 bits per heavy atom. The molecule has 0 saturated carbocycles. The quantitative estimate of drug-likeness (QED) is 0.537. The largest absolute Gasteiger partial charge is 0.449 e. The second-order valence-corrected chi connectivity index (χ2v) is 7.31. The molecular weight excluding hydrogens is 385 g/mol. The Morgan fingerprint density at radius 3 is 2.70 bits per heavy atom. The van der Waals surface area contributed by atoms with Gasteiger partial charge in [0.1, 0.15) is 0 Å². The van der Waals surface area contributed by atoms with Crippen molar-refractivity contribution in [3.8, 4) is 0 Å². The molecular formula is C21H19Cl2NO3. The van der Waals surface area contributed by atoms with Gasteiger partial charge in [-0.25, -0.2) is 4.79 Å². The fourth-order valence-corrected chi connectivity index (χ4v) is 3.63. The summed E-state index contributed by atoms with van der Waals surface area (Å²) >= 11 is 11.9. The smallest absolute Gasteiger partial charge is 0.331 e. The lowest BCUT2D eigenvalue weighted by Gasteiger charge is -2.25. The third-order valence-corrected chi connectivity index (χ3v) is 5.01. The Hall–Kier alpha value is -2.30. The van der Waals surface area contributed by atoms with Crippen LogP contribution in [0, 0.1) is 0 Å². The molecule has 2 aromatic rings. The Labute approximate surface area is 168 Å². The van der Waals surface area contributed by atoms with Crippen LogP contribution in [0.4, 0.5) is 5.69 Å². The van der Waals surface area contributed by atoms with Gasteiger partial charge in [-0.1, -0.05) is 47.5 Å². The average molecular weight is 404 g/mol. The summed E-state index contributed by atoms with van der Waals surface area (Å²) in [6.45, 7) is 3.56. The van der Waals surface area contributed by atoms with Crippen LogP contribution in [0.2, 0.25) is 10.0 Å². The van der Waals surface area contributed by atoms with Crippen molar-refractivity contribution in [2.45, 2.75) is 32.4 Å². The van der Waals surface area contributed by atoms with Crippen LogP contribution in [0.15, 0.2) is 48.5 Å². The molecule has 1 amide bonds. The van der Waals surface area contributed by atoms with Crippen LogP contribution in [0.3, 0.4) is 0 Å². The van der Waals surface area contributed by atoms with Crippen LogP contribution in [0.1, 0.15) is 25.0 Å². The van der Waals surface area contributed by atoms with Gasteiger partial charge >= 0.3 is 5.97 Å².